The molecule has 5 heteroatoms. The van der Waals surface area contributed by atoms with Crippen LogP contribution in [0.15, 0.2) is 41.7 Å². The van der Waals surface area contributed by atoms with E-state index in [4.69, 9.17) is 10.4 Å². The topological polar surface area (TPSA) is 55.8 Å². The largest absolute Gasteiger partial charge is 0.388 e. The molecule has 1 aromatic carbocycles. The highest BCUT2D eigenvalue weighted by atomic mass is 31.2. The lowest BCUT2D eigenvalue weighted by Crippen LogP contribution is -2.00. The molecule has 1 aromatic rings. The van der Waals surface area contributed by atoms with Crippen molar-refractivity contribution in [3.63, 3.8) is 0 Å². The molecule has 0 saturated carbocycles. The summed E-state index contributed by atoms with van der Waals surface area (Å²) in [5.41, 5.74) is 1.60. The van der Waals surface area contributed by atoms with E-state index in [0.29, 0.717) is 19.3 Å². The first-order valence-corrected chi connectivity index (χ1v) is 10.3. The third-order valence-electron chi connectivity index (χ3n) is 3.63. The van der Waals surface area contributed by atoms with Crippen LogP contribution >= 0.6 is 7.60 Å². The third kappa shape index (κ3) is 7.76. The van der Waals surface area contributed by atoms with Crippen LogP contribution in [0.1, 0.15) is 65.9 Å². The Bertz CT molecular complexity index is 564. The fraction of sp³-hybridized carbons (Fsp3) is 0.579. The van der Waals surface area contributed by atoms with Crippen molar-refractivity contribution in [2.24, 2.45) is 0 Å². The van der Waals surface area contributed by atoms with Crippen molar-refractivity contribution in [1.82, 2.24) is 0 Å². The Morgan fingerprint density at radius 2 is 1.83 bits per heavy atom. The van der Waals surface area contributed by atoms with Gasteiger partial charge in [-0.05, 0) is 45.1 Å². The average molecular weight is 355 g/mol. The molecule has 0 aliphatic heterocycles. The smallest absolute Gasteiger partial charge is 0.354 e. The second-order valence-electron chi connectivity index (χ2n) is 5.62. The van der Waals surface area contributed by atoms with Gasteiger partial charge in [-0.15, -0.1) is 0 Å². The fourth-order valence-electron chi connectivity index (χ4n) is 2.42. The predicted molar refractivity (Wildman–Crippen MR) is 99.1 cm³/mol. The lowest BCUT2D eigenvalue weighted by atomic mass is 9.99. The summed E-state index contributed by atoms with van der Waals surface area (Å²) in [6.45, 7) is 6.01. The van der Waals surface area contributed by atoms with Crippen LogP contribution in [0.5, 0.6) is 0 Å². The van der Waals surface area contributed by atoms with Crippen molar-refractivity contribution >= 4 is 7.60 Å². The van der Waals surface area contributed by atoms with Gasteiger partial charge in [0.05, 0.1) is 20.7 Å². The summed E-state index contributed by atoms with van der Waals surface area (Å²) in [7, 11) is -3.57. The van der Waals surface area contributed by atoms with E-state index in [9.17, 15) is 9.67 Å². The van der Waals surface area contributed by atoms with Crippen LogP contribution in [0.2, 0.25) is 0 Å². The molecule has 0 saturated heterocycles. The normalized spacial score (nSPS) is 14.9. The van der Waals surface area contributed by atoms with Gasteiger partial charge in [-0.25, -0.2) is 0 Å². The number of aliphatic hydroxyl groups is 1. The lowest BCUT2D eigenvalue weighted by Gasteiger charge is -2.17. The number of benzene rings is 1. The Kier molecular flexibility index (Phi) is 9.37. The second kappa shape index (κ2) is 11.6. The standard InChI is InChI=1S/C19H31O4P/c1-4-7-11-17(16-24(21,22-5-2)23-6-3)14-15-19(20)18-12-9-8-10-13-18/h8-10,12-13,16,19-20H,4-7,11,14-15H2,1-3H3/b17-16+/i16D. The molecule has 0 bridgehead atoms. The van der Waals surface area contributed by atoms with Crippen LogP contribution in [-0.2, 0) is 13.6 Å². The van der Waals surface area contributed by atoms with E-state index in [1.165, 1.54) is 0 Å². The van der Waals surface area contributed by atoms with Crippen LogP contribution in [-0.4, -0.2) is 18.3 Å². The van der Waals surface area contributed by atoms with Crippen molar-refractivity contribution in [1.29, 1.82) is 0 Å². The zero-order chi connectivity index (χ0) is 18.7. The van der Waals surface area contributed by atoms with Gasteiger partial charge in [0.15, 0.2) is 0 Å². The number of allylic oxidation sites excluding steroid dienone is 1. The van der Waals surface area contributed by atoms with Crippen LogP contribution in [0.25, 0.3) is 0 Å². The molecule has 1 unspecified atom stereocenters. The minimum absolute atomic E-state index is 0.0371. The predicted octanol–water partition coefficient (Wildman–Crippen LogP) is 5.84. The molecule has 1 rings (SSSR count). The third-order valence-corrected chi connectivity index (χ3v) is 5.42. The Labute approximate surface area is 147 Å². The molecule has 0 aliphatic rings. The minimum Gasteiger partial charge on any atom is -0.388 e. The number of hydrogen-bond donors (Lipinski definition) is 1. The summed E-state index contributed by atoms with van der Waals surface area (Å²) in [5, 5.41) is 10.4. The van der Waals surface area contributed by atoms with Gasteiger partial charge in [-0.1, -0.05) is 49.2 Å². The van der Waals surface area contributed by atoms with E-state index in [2.05, 4.69) is 6.92 Å². The first kappa shape index (κ1) is 19.4. The maximum atomic E-state index is 12.9. The van der Waals surface area contributed by atoms with E-state index in [1.807, 2.05) is 30.3 Å². The first-order chi connectivity index (χ1) is 12.0. The molecule has 1 N–H and O–H groups in total. The van der Waals surface area contributed by atoms with Crippen LogP contribution in [0, 0.1) is 0 Å². The summed E-state index contributed by atoms with van der Waals surface area (Å²) in [5.74, 6) is -0.0371. The SMILES string of the molecule is [2H]/C(=C(/CCCC)CCC(O)c1ccccc1)P(=O)(OCC)OCC. The van der Waals surface area contributed by atoms with Crippen molar-refractivity contribution in [3.8, 4) is 0 Å². The van der Waals surface area contributed by atoms with Gasteiger partial charge in [-0.2, -0.15) is 0 Å². The van der Waals surface area contributed by atoms with Crippen LogP contribution in [0.4, 0.5) is 0 Å². The summed E-state index contributed by atoms with van der Waals surface area (Å²) in [4.78, 5) is 0. The average Bonchev–Trinajstić information content (AvgIpc) is 2.62. The number of hydrogen-bond acceptors (Lipinski definition) is 4. The molecular formula is C19H31O4P. The molecule has 24 heavy (non-hydrogen) atoms. The minimum atomic E-state index is -3.57. The zero-order valence-corrected chi connectivity index (χ0v) is 15.9. The highest BCUT2D eigenvalue weighted by molar-refractivity contribution is 7.57. The quantitative estimate of drug-likeness (QED) is 0.479. The number of aliphatic hydroxyl groups excluding tert-OH is 1. The molecule has 0 aromatic heterocycles. The highest BCUT2D eigenvalue weighted by Crippen LogP contribution is 2.51. The van der Waals surface area contributed by atoms with E-state index in [1.54, 1.807) is 13.8 Å². The van der Waals surface area contributed by atoms with Gasteiger partial charge in [0.25, 0.3) is 0 Å². The molecule has 0 radical (unpaired) electrons. The van der Waals surface area contributed by atoms with Gasteiger partial charge in [0.2, 0.25) is 0 Å². The van der Waals surface area contributed by atoms with Crippen molar-refractivity contribution in [2.75, 3.05) is 13.2 Å². The molecule has 136 valence electrons. The van der Waals surface area contributed by atoms with E-state index in [0.717, 1.165) is 24.0 Å². The Morgan fingerprint density at radius 1 is 1.21 bits per heavy atom. The van der Waals surface area contributed by atoms with E-state index in [-0.39, 0.29) is 19.0 Å². The Hall–Kier alpha value is -0.930. The second-order valence-corrected chi connectivity index (χ2v) is 7.35. The van der Waals surface area contributed by atoms with Crippen molar-refractivity contribution < 1.29 is 20.1 Å². The fourth-order valence-corrected chi connectivity index (χ4v) is 3.91. The summed E-state index contributed by atoms with van der Waals surface area (Å²) >= 11 is 0. The van der Waals surface area contributed by atoms with Gasteiger partial charge < -0.3 is 14.2 Å². The van der Waals surface area contributed by atoms with Crippen molar-refractivity contribution in [3.05, 3.63) is 47.3 Å². The molecule has 0 spiro atoms. The van der Waals surface area contributed by atoms with E-state index >= 15 is 0 Å². The van der Waals surface area contributed by atoms with Crippen LogP contribution in [0.3, 0.4) is 0 Å². The van der Waals surface area contributed by atoms with Crippen molar-refractivity contribution in [2.45, 2.75) is 59.0 Å². The number of rotatable bonds is 12. The zero-order valence-electron chi connectivity index (χ0n) is 16.0. The molecule has 0 fully saturated rings. The van der Waals surface area contributed by atoms with Gasteiger partial charge in [-0.3, -0.25) is 4.57 Å². The summed E-state index contributed by atoms with van der Waals surface area (Å²) in [6, 6.07) is 9.45. The monoisotopic (exact) mass is 355 g/mol. The molecule has 0 heterocycles. The molecular weight excluding hydrogens is 323 g/mol. The Balaban J connectivity index is 2.95. The highest BCUT2D eigenvalue weighted by Gasteiger charge is 2.21. The maximum absolute atomic E-state index is 12.9. The summed E-state index contributed by atoms with van der Waals surface area (Å²) < 4.78 is 31.9. The Morgan fingerprint density at radius 3 is 2.38 bits per heavy atom. The first-order valence-electron chi connectivity index (χ1n) is 9.29. The summed E-state index contributed by atoms with van der Waals surface area (Å²) in [6.07, 6.45) is 2.91. The molecule has 4 nitrogen and oxygen atoms in total. The van der Waals surface area contributed by atoms with Gasteiger partial charge >= 0.3 is 7.60 Å². The molecule has 0 aliphatic carbocycles. The van der Waals surface area contributed by atoms with Crippen LogP contribution < -0.4 is 0 Å². The van der Waals surface area contributed by atoms with Gasteiger partial charge in [0, 0.05) is 5.79 Å². The molecule has 1 atom stereocenters. The lowest BCUT2D eigenvalue weighted by molar-refractivity contribution is 0.167. The maximum Gasteiger partial charge on any atom is 0.354 e. The number of unbranched alkanes of at least 4 members (excludes halogenated alkanes) is 1. The molecule has 0 amide bonds. The van der Waals surface area contributed by atoms with E-state index < -0.39 is 13.7 Å². The van der Waals surface area contributed by atoms with Gasteiger partial charge in [0.1, 0.15) is 0 Å².